The minimum atomic E-state index is -1.22. The van der Waals surface area contributed by atoms with Gasteiger partial charge < -0.3 is 24.4 Å². The van der Waals surface area contributed by atoms with Crippen molar-refractivity contribution in [2.24, 2.45) is 0 Å². The Hall–Kier alpha value is -3.22. The second-order valence-electron chi connectivity index (χ2n) is 8.24. The van der Waals surface area contributed by atoms with Crippen molar-refractivity contribution in [1.29, 1.82) is 0 Å². The predicted molar refractivity (Wildman–Crippen MR) is 130 cm³/mol. The number of hydrogen-bond donors (Lipinski definition) is 2. The minimum absolute atomic E-state index is 0.115. The molecule has 2 aromatic carbocycles. The Labute approximate surface area is 201 Å². The number of benzene rings is 2. The molecule has 0 atom stereocenters. The topological polar surface area (TPSA) is 102 Å². The number of carbonyl (C=O) groups is 2. The van der Waals surface area contributed by atoms with Crippen molar-refractivity contribution in [3.63, 3.8) is 0 Å². The fourth-order valence-corrected chi connectivity index (χ4v) is 3.67. The van der Waals surface area contributed by atoms with Gasteiger partial charge in [0.2, 0.25) is 0 Å². The first-order valence-electron chi connectivity index (χ1n) is 12.1. The number of aromatic carboxylic acids is 1. The molecule has 0 aliphatic carbocycles. The lowest BCUT2D eigenvalue weighted by atomic mass is 10.1. The number of esters is 1. The van der Waals surface area contributed by atoms with Crippen LogP contribution >= 0.6 is 0 Å². The van der Waals surface area contributed by atoms with E-state index in [0.717, 1.165) is 19.3 Å². The number of carboxylic acids is 1. The molecule has 2 rings (SSSR count). The van der Waals surface area contributed by atoms with E-state index in [4.69, 9.17) is 14.2 Å². The summed E-state index contributed by atoms with van der Waals surface area (Å²) in [6.07, 6.45) is 11.9. The highest BCUT2D eigenvalue weighted by molar-refractivity contribution is 5.99. The molecule has 0 aliphatic rings. The Morgan fingerprint density at radius 2 is 1.47 bits per heavy atom. The van der Waals surface area contributed by atoms with E-state index in [1.54, 1.807) is 6.07 Å². The van der Waals surface area contributed by atoms with Crippen LogP contribution in [0.3, 0.4) is 0 Å². The molecule has 186 valence electrons. The van der Waals surface area contributed by atoms with Crippen molar-refractivity contribution in [2.75, 3.05) is 13.7 Å². The quantitative estimate of drug-likeness (QED) is 0.161. The van der Waals surface area contributed by atoms with Gasteiger partial charge in [-0.25, -0.2) is 9.59 Å². The van der Waals surface area contributed by atoms with Crippen LogP contribution in [0.2, 0.25) is 0 Å². The van der Waals surface area contributed by atoms with E-state index >= 15 is 0 Å². The van der Waals surface area contributed by atoms with Gasteiger partial charge in [0.25, 0.3) is 0 Å². The van der Waals surface area contributed by atoms with Gasteiger partial charge in [0.15, 0.2) is 0 Å². The van der Waals surface area contributed by atoms with Crippen molar-refractivity contribution in [1.82, 2.24) is 0 Å². The molecule has 34 heavy (non-hydrogen) atoms. The van der Waals surface area contributed by atoms with Crippen LogP contribution in [0.1, 0.15) is 91.8 Å². The Balaban J connectivity index is 1.94. The molecule has 0 aliphatic heterocycles. The van der Waals surface area contributed by atoms with Gasteiger partial charge in [0, 0.05) is 12.1 Å². The largest absolute Gasteiger partial charge is 0.507 e. The maximum absolute atomic E-state index is 12.8. The number of phenolic OH excluding ortho intramolecular Hbond substituents is 1. The molecule has 0 heterocycles. The van der Waals surface area contributed by atoms with E-state index in [0.29, 0.717) is 12.4 Å². The monoisotopic (exact) mass is 472 g/mol. The minimum Gasteiger partial charge on any atom is -0.507 e. The average molecular weight is 473 g/mol. The van der Waals surface area contributed by atoms with Crippen LogP contribution in [-0.4, -0.2) is 35.9 Å². The number of carbonyl (C=O) groups excluding carboxylic acids is 1. The fraction of sp³-hybridized carbons (Fsp3) is 0.481. The van der Waals surface area contributed by atoms with E-state index in [2.05, 4.69) is 6.92 Å². The van der Waals surface area contributed by atoms with Gasteiger partial charge in [-0.1, -0.05) is 76.8 Å². The number of unbranched alkanes of at least 4 members (excludes halogenated alkanes) is 9. The summed E-state index contributed by atoms with van der Waals surface area (Å²) in [7, 11) is 1.45. The maximum atomic E-state index is 12.8. The zero-order valence-electron chi connectivity index (χ0n) is 20.2. The van der Waals surface area contributed by atoms with Gasteiger partial charge in [-0.3, -0.25) is 0 Å². The molecule has 0 saturated carbocycles. The van der Waals surface area contributed by atoms with Gasteiger partial charge >= 0.3 is 11.9 Å². The lowest BCUT2D eigenvalue weighted by Gasteiger charge is -2.15. The van der Waals surface area contributed by atoms with E-state index in [1.807, 2.05) is 0 Å². The van der Waals surface area contributed by atoms with E-state index < -0.39 is 11.9 Å². The molecule has 0 radical (unpaired) electrons. The molecule has 0 spiro atoms. The van der Waals surface area contributed by atoms with Crippen LogP contribution in [0.25, 0.3) is 0 Å². The van der Waals surface area contributed by atoms with Crippen LogP contribution in [0.5, 0.6) is 23.0 Å². The normalized spacial score (nSPS) is 10.6. The van der Waals surface area contributed by atoms with E-state index in [1.165, 1.54) is 82.4 Å². The number of rotatable bonds is 16. The highest BCUT2D eigenvalue weighted by Crippen LogP contribution is 2.35. The third kappa shape index (κ3) is 8.61. The Morgan fingerprint density at radius 3 is 2.09 bits per heavy atom. The summed E-state index contributed by atoms with van der Waals surface area (Å²) < 4.78 is 16.3. The average Bonchev–Trinajstić information content (AvgIpc) is 2.82. The molecule has 0 bridgehead atoms. The van der Waals surface area contributed by atoms with Gasteiger partial charge in [-0.2, -0.15) is 0 Å². The molecule has 0 saturated heterocycles. The summed E-state index contributed by atoms with van der Waals surface area (Å²) in [5.74, 6) is -2.15. The van der Waals surface area contributed by atoms with Crippen molar-refractivity contribution >= 4 is 11.9 Å². The molecule has 0 amide bonds. The number of para-hydroxylation sites is 1. The Kier molecular flexibility index (Phi) is 11.8. The van der Waals surface area contributed by atoms with E-state index in [-0.39, 0.29) is 28.4 Å². The van der Waals surface area contributed by atoms with Crippen LogP contribution in [0.15, 0.2) is 36.4 Å². The fourth-order valence-electron chi connectivity index (χ4n) is 3.67. The van der Waals surface area contributed by atoms with Gasteiger partial charge in [-0.15, -0.1) is 0 Å². The van der Waals surface area contributed by atoms with Crippen molar-refractivity contribution in [3.8, 4) is 23.0 Å². The Bertz CT molecular complexity index is 923. The van der Waals surface area contributed by atoms with Gasteiger partial charge in [-0.05, 0) is 18.6 Å². The summed E-state index contributed by atoms with van der Waals surface area (Å²) in [5, 5.41) is 19.7. The van der Waals surface area contributed by atoms with Crippen molar-refractivity contribution < 1.29 is 34.0 Å². The second kappa shape index (κ2) is 14.8. The highest BCUT2D eigenvalue weighted by atomic mass is 16.5. The molecular formula is C27H36O7. The van der Waals surface area contributed by atoms with Gasteiger partial charge in [0.05, 0.1) is 13.7 Å². The summed E-state index contributed by atoms with van der Waals surface area (Å²) in [5.41, 5.74) is -0.329. The number of hydrogen-bond acceptors (Lipinski definition) is 6. The second-order valence-corrected chi connectivity index (χ2v) is 8.24. The molecule has 2 N–H and O–H groups in total. The first-order valence-corrected chi connectivity index (χ1v) is 12.1. The number of ether oxygens (including phenoxy) is 3. The number of carboxylic acid groups (broad SMARTS) is 1. The molecule has 2 aromatic rings. The zero-order valence-corrected chi connectivity index (χ0v) is 20.2. The first kappa shape index (κ1) is 27.0. The van der Waals surface area contributed by atoms with Crippen LogP contribution < -0.4 is 14.2 Å². The van der Waals surface area contributed by atoms with Crippen LogP contribution in [0, 0.1) is 0 Å². The molecule has 0 unspecified atom stereocenters. The van der Waals surface area contributed by atoms with Gasteiger partial charge in [0.1, 0.15) is 34.1 Å². The Morgan fingerprint density at radius 1 is 0.853 bits per heavy atom. The van der Waals surface area contributed by atoms with Crippen LogP contribution in [0.4, 0.5) is 0 Å². The lowest BCUT2D eigenvalue weighted by Crippen LogP contribution is -2.14. The molecule has 0 aromatic heterocycles. The zero-order chi connectivity index (χ0) is 24.8. The molecule has 7 heteroatoms. The van der Waals surface area contributed by atoms with Crippen LogP contribution in [-0.2, 0) is 0 Å². The molecular weight excluding hydrogens is 436 g/mol. The van der Waals surface area contributed by atoms with Crippen molar-refractivity contribution in [2.45, 2.75) is 71.1 Å². The maximum Gasteiger partial charge on any atom is 0.351 e. The summed E-state index contributed by atoms with van der Waals surface area (Å²) in [4.78, 5) is 24.2. The first-order chi connectivity index (χ1) is 16.5. The van der Waals surface area contributed by atoms with E-state index in [9.17, 15) is 19.8 Å². The lowest BCUT2D eigenvalue weighted by molar-refractivity contribution is 0.0680. The molecule has 7 nitrogen and oxygen atoms in total. The third-order valence-corrected chi connectivity index (χ3v) is 5.57. The predicted octanol–water partition coefficient (Wildman–Crippen LogP) is 6.62. The number of phenols is 1. The number of methoxy groups -OCH3 is 1. The summed E-state index contributed by atoms with van der Waals surface area (Å²) in [6.45, 7) is 2.59. The highest BCUT2D eigenvalue weighted by Gasteiger charge is 2.23. The molecule has 0 fully saturated rings. The third-order valence-electron chi connectivity index (χ3n) is 5.57. The summed E-state index contributed by atoms with van der Waals surface area (Å²) >= 11 is 0. The smallest absolute Gasteiger partial charge is 0.351 e. The number of aromatic hydroxyl groups is 1. The summed E-state index contributed by atoms with van der Waals surface area (Å²) in [6, 6.07) is 8.61. The van der Waals surface area contributed by atoms with Crippen molar-refractivity contribution in [3.05, 3.63) is 47.5 Å². The standard InChI is InChI=1S/C27H36O7/c1-3-4-5-6-7-8-9-10-11-14-17-33-24-19-20(32-2)18-22(28)25(24)27(31)34-23-16-13-12-15-21(23)26(29)30/h12-13,15-16,18-19,28H,3-11,14,17H2,1-2H3,(H,29,30). The SMILES string of the molecule is CCCCCCCCCCCCOc1cc(OC)cc(O)c1C(=O)Oc1ccccc1C(=O)O.